The summed E-state index contributed by atoms with van der Waals surface area (Å²) in [4.78, 5) is 0.0744. The summed E-state index contributed by atoms with van der Waals surface area (Å²) in [5.41, 5.74) is 6.87. The molecule has 0 radical (unpaired) electrons. The van der Waals surface area contributed by atoms with E-state index in [0.29, 0.717) is 6.61 Å². The van der Waals surface area contributed by atoms with Crippen LogP contribution in [0.3, 0.4) is 0 Å². The predicted molar refractivity (Wildman–Crippen MR) is 73.5 cm³/mol. The summed E-state index contributed by atoms with van der Waals surface area (Å²) in [6.45, 7) is 2.28. The molecule has 1 rings (SSSR count). The highest BCUT2D eigenvalue weighted by molar-refractivity contribution is 7.89. The van der Waals surface area contributed by atoms with Crippen molar-refractivity contribution in [3.8, 4) is 0 Å². The molecule has 19 heavy (non-hydrogen) atoms. The number of hydrogen-bond acceptors (Lipinski definition) is 5. The molecule has 0 fully saturated rings. The Morgan fingerprint density at radius 3 is 2.58 bits per heavy atom. The van der Waals surface area contributed by atoms with E-state index in [0.717, 1.165) is 5.56 Å². The van der Waals surface area contributed by atoms with Crippen molar-refractivity contribution < 1.29 is 17.9 Å². The third kappa shape index (κ3) is 4.46. The number of nitrogens with two attached hydrogens (primary N) is 1. The van der Waals surface area contributed by atoms with Gasteiger partial charge in [-0.25, -0.2) is 13.1 Å². The first-order valence-corrected chi connectivity index (χ1v) is 7.26. The second kappa shape index (κ2) is 6.85. The van der Waals surface area contributed by atoms with Crippen LogP contribution in [0.25, 0.3) is 0 Å². The van der Waals surface area contributed by atoms with E-state index >= 15 is 0 Å². The van der Waals surface area contributed by atoms with Gasteiger partial charge in [-0.2, -0.15) is 0 Å². The number of nitrogen functional groups attached to an aromatic ring is 1. The number of nitrogens with one attached hydrogen (secondary N) is 1. The highest BCUT2D eigenvalue weighted by atomic mass is 32.2. The largest absolute Gasteiger partial charge is 0.398 e. The van der Waals surface area contributed by atoms with Crippen LogP contribution in [0.2, 0.25) is 0 Å². The van der Waals surface area contributed by atoms with Gasteiger partial charge in [-0.3, -0.25) is 0 Å². The fraction of sp³-hybridized carbons (Fsp3) is 0.500. The molecule has 0 spiro atoms. The van der Waals surface area contributed by atoms with Gasteiger partial charge >= 0.3 is 0 Å². The fourth-order valence-corrected chi connectivity index (χ4v) is 2.77. The maximum absolute atomic E-state index is 12.1. The van der Waals surface area contributed by atoms with Gasteiger partial charge in [-0.15, -0.1) is 0 Å². The average molecular weight is 288 g/mol. The Kier molecular flexibility index (Phi) is 5.74. The SMILES string of the molecule is COCC(CNS(=O)(=O)c1ccc(C)cc1N)OC. The monoisotopic (exact) mass is 288 g/mol. The molecule has 3 N–H and O–H groups in total. The van der Waals surface area contributed by atoms with Gasteiger partial charge in [0.15, 0.2) is 0 Å². The summed E-state index contributed by atoms with van der Waals surface area (Å²) >= 11 is 0. The minimum Gasteiger partial charge on any atom is -0.398 e. The van der Waals surface area contributed by atoms with Crippen molar-refractivity contribution in [3.63, 3.8) is 0 Å². The van der Waals surface area contributed by atoms with E-state index < -0.39 is 10.0 Å². The molecule has 0 bridgehead atoms. The van der Waals surface area contributed by atoms with E-state index in [1.807, 2.05) is 6.92 Å². The first-order chi connectivity index (χ1) is 8.90. The number of anilines is 1. The normalized spacial score (nSPS) is 13.4. The molecule has 1 unspecified atom stereocenters. The van der Waals surface area contributed by atoms with E-state index in [4.69, 9.17) is 15.2 Å². The van der Waals surface area contributed by atoms with Gasteiger partial charge in [0, 0.05) is 20.8 Å². The lowest BCUT2D eigenvalue weighted by Gasteiger charge is -2.16. The maximum Gasteiger partial charge on any atom is 0.242 e. The lowest BCUT2D eigenvalue weighted by Crippen LogP contribution is -2.35. The van der Waals surface area contributed by atoms with Crippen LogP contribution in [0.5, 0.6) is 0 Å². The minimum absolute atomic E-state index is 0.0744. The second-order valence-corrected chi connectivity index (χ2v) is 5.94. The Hall–Kier alpha value is -1.15. The molecular weight excluding hydrogens is 268 g/mol. The van der Waals surface area contributed by atoms with Crippen molar-refractivity contribution in [2.24, 2.45) is 0 Å². The van der Waals surface area contributed by atoms with Crippen LogP contribution in [0.1, 0.15) is 5.56 Å². The number of hydrogen-bond donors (Lipinski definition) is 2. The first-order valence-electron chi connectivity index (χ1n) is 5.78. The zero-order valence-electron chi connectivity index (χ0n) is 11.3. The number of sulfonamides is 1. The number of rotatable bonds is 7. The number of methoxy groups -OCH3 is 2. The zero-order chi connectivity index (χ0) is 14.5. The summed E-state index contributed by atoms with van der Waals surface area (Å²) in [5, 5.41) is 0. The molecule has 0 aliphatic rings. The van der Waals surface area contributed by atoms with E-state index in [1.165, 1.54) is 20.3 Å². The average Bonchev–Trinajstić information content (AvgIpc) is 2.34. The molecule has 1 aromatic carbocycles. The van der Waals surface area contributed by atoms with Gasteiger partial charge in [-0.05, 0) is 24.6 Å². The van der Waals surface area contributed by atoms with Crippen molar-refractivity contribution >= 4 is 15.7 Å². The summed E-state index contributed by atoms with van der Waals surface area (Å²) < 4.78 is 36.7. The van der Waals surface area contributed by atoms with Gasteiger partial charge in [0.25, 0.3) is 0 Å². The second-order valence-electron chi connectivity index (χ2n) is 4.21. The van der Waals surface area contributed by atoms with Gasteiger partial charge in [-0.1, -0.05) is 6.07 Å². The molecule has 0 aliphatic carbocycles. The standard InChI is InChI=1S/C12H20N2O4S/c1-9-4-5-12(11(13)6-9)19(15,16)14-7-10(18-3)8-17-2/h4-6,10,14H,7-8,13H2,1-3H3. The summed E-state index contributed by atoms with van der Waals surface area (Å²) in [7, 11) is -0.617. The van der Waals surface area contributed by atoms with Crippen LogP contribution in [0.4, 0.5) is 5.69 Å². The Balaban J connectivity index is 2.81. The maximum atomic E-state index is 12.1. The van der Waals surface area contributed by atoms with Crippen molar-refractivity contribution in [1.82, 2.24) is 4.72 Å². The first kappa shape index (κ1) is 15.9. The number of aryl methyl sites for hydroxylation is 1. The summed E-state index contributed by atoms with van der Waals surface area (Å²) in [5.74, 6) is 0. The highest BCUT2D eigenvalue weighted by Gasteiger charge is 2.19. The topological polar surface area (TPSA) is 90.7 Å². The third-order valence-electron chi connectivity index (χ3n) is 2.64. The molecule has 0 aliphatic heterocycles. The molecule has 0 amide bonds. The molecule has 0 saturated carbocycles. The van der Waals surface area contributed by atoms with Gasteiger partial charge in [0.05, 0.1) is 18.4 Å². The molecule has 0 aromatic heterocycles. The lowest BCUT2D eigenvalue weighted by atomic mass is 10.2. The molecule has 108 valence electrons. The molecule has 0 saturated heterocycles. The van der Waals surface area contributed by atoms with Crippen molar-refractivity contribution in [2.75, 3.05) is 33.1 Å². The van der Waals surface area contributed by atoms with E-state index in [-0.39, 0.29) is 23.2 Å². The van der Waals surface area contributed by atoms with Crippen molar-refractivity contribution in [3.05, 3.63) is 23.8 Å². The molecular formula is C12H20N2O4S. The van der Waals surface area contributed by atoms with Crippen LogP contribution >= 0.6 is 0 Å². The molecule has 1 aromatic rings. The van der Waals surface area contributed by atoms with Crippen LogP contribution < -0.4 is 10.5 Å². The van der Waals surface area contributed by atoms with E-state index in [1.54, 1.807) is 12.1 Å². The van der Waals surface area contributed by atoms with Crippen LogP contribution in [-0.4, -0.2) is 41.9 Å². The Bertz CT molecular complexity index is 516. The molecule has 6 nitrogen and oxygen atoms in total. The van der Waals surface area contributed by atoms with Crippen LogP contribution in [-0.2, 0) is 19.5 Å². The smallest absolute Gasteiger partial charge is 0.242 e. The number of benzene rings is 1. The quantitative estimate of drug-likeness (QED) is 0.714. The van der Waals surface area contributed by atoms with Gasteiger partial charge in [0.1, 0.15) is 4.90 Å². The van der Waals surface area contributed by atoms with Gasteiger partial charge < -0.3 is 15.2 Å². The van der Waals surface area contributed by atoms with Crippen LogP contribution in [0, 0.1) is 6.92 Å². The van der Waals surface area contributed by atoms with Crippen LogP contribution in [0.15, 0.2) is 23.1 Å². The van der Waals surface area contributed by atoms with Crippen molar-refractivity contribution in [2.45, 2.75) is 17.9 Å². The highest BCUT2D eigenvalue weighted by Crippen LogP contribution is 2.19. The van der Waals surface area contributed by atoms with Gasteiger partial charge in [0.2, 0.25) is 10.0 Å². The lowest BCUT2D eigenvalue weighted by molar-refractivity contribution is 0.0320. The van der Waals surface area contributed by atoms with E-state index in [9.17, 15) is 8.42 Å². The number of ether oxygens (including phenoxy) is 2. The molecule has 7 heteroatoms. The van der Waals surface area contributed by atoms with E-state index in [2.05, 4.69) is 4.72 Å². The summed E-state index contributed by atoms with van der Waals surface area (Å²) in [6.07, 6.45) is -0.341. The van der Waals surface area contributed by atoms with Crippen molar-refractivity contribution in [1.29, 1.82) is 0 Å². The Morgan fingerprint density at radius 2 is 2.05 bits per heavy atom. The fourth-order valence-electron chi connectivity index (χ4n) is 1.59. The third-order valence-corrected chi connectivity index (χ3v) is 4.14. The Morgan fingerprint density at radius 1 is 1.37 bits per heavy atom. The zero-order valence-corrected chi connectivity index (χ0v) is 12.2. The summed E-state index contributed by atoms with van der Waals surface area (Å²) in [6, 6.07) is 4.82. The predicted octanol–water partition coefficient (Wildman–Crippen LogP) is 0.517. The Labute approximate surface area is 113 Å². The minimum atomic E-state index is -3.64. The molecule has 0 heterocycles. The molecule has 1 atom stereocenters.